The van der Waals surface area contributed by atoms with Crippen LogP contribution in [0.25, 0.3) is 11.4 Å². The lowest BCUT2D eigenvalue weighted by Crippen LogP contribution is -2.35. The van der Waals surface area contributed by atoms with Crippen molar-refractivity contribution >= 4 is 11.6 Å². The van der Waals surface area contributed by atoms with Gasteiger partial charge in [0.2, 0.25) is 0 Å². The van der Waals surface area contributed by atoms with Crippen LogP contribution in [0.2, 0.25) is 0 Å². The zero-order chi connectivity index (χ0) is 19.3. The molecule has 1 heterocycles. The van der Waals surface area contributed by atoms with E-state index in [2.05, 4.69) is 15.3 Å². The Morgan fingerprint density at radius 3 is 2.46 bits per heavy atom. The lowest BCUT2D eigenvalue weighted by molar-refractivity contribution is -0.143. The molecule has 1 aromatic heterocycles. The molecular formula is C18H22F3N3O2. The lowest BCUT2D eigenvalue weighted by Gasteiger charge is -2.22. The second-order valence-corrected chi connectivity index (χ2v) is 6.26. The summed E-state index contributed by atoms with van der Waals surface area (Å²) in [6, 6.07) is 7.05. The van der Waals surface area contributed by atoms with Crippen molar-refractivity contribution in [2.24, 2.45) is 5.92 Å². The van der Waals surface area contributed by atoms with Crippen LogP contribution in [0, 0.1) is 5.92 Å². The SMILES string of the molecule is CC(C)[C@@H](Nc1ccnc(-c2ccc(O)cc2)n1)C(=O)CCC(F)(F)F.[HH]. The van der Waals surface area contributed by atoms with Crippen molar-refractivity contribution in [2.75, 3.05) is 5.32 Å². The van der Waals surface area contributed by atoms with E-state index in [9.17, 15) is 23.1 Å². The quantitative estimate of drug-likeness (QED) is 0.754. The van der Waals surface area contributed by atoms with Gasteiger partial charge in [0.15, 0.2) is 11.6 Å². The van der Waals surface area contributed by atoms with Gasteiger partial charge in [-0.25, -0.2) is 9.97 Å². The van der Waals surface area contributed by atoms with Gasteiger partial charge < -0.3 is 10.4 Å². The Hall–Kier alpha value is -2.64. The Bertz CT molecular complexity index is 752. The van der Waals surface area contributed by atoms with Crippen molar-refractivity contribution in [3.05, 3.63) is 36.5 Å². The van der Waals surface area contributed by atoms with Crippen LogP contribution in [0.15, 0.2) is 36.5 Å². The summed E-state index contributed by atoms with van der Waals surface area (Å²) in [6.45, 7) is 3.51. The number of Topliss-reactive ketones (excluding diaryl/α,β-unsaturated/α-hetero) is 1. The monoisotopic (exact) mass is 369 g/mol. The van der Waals surface area contributed by atoms with Crippen LogP contribution in [-0.2, 0) is 4.79 Å². The molecule has 8 heteroatoms. The molecule has 5 nitrogen and oxygen atoms in total. The van der Waals surface area contributed by atoms with Crippen LogP contribution in [0.1, 0.15) is 28.1 Å². The van der Waals surface area contributed by atoms with E-state index < -0.39 is 30.8 Å². The van der Waals surface area contributed by atoms with Crippen LogP contribution in [0.5, 0.6) is 5.75 Å². The summed E-state index contributed by atoms with van der Waals surface area (Å²) in [5.41, 5.74) is 0.663. The number of rotatable bonds is 7. The second kappa shape index (κ2) is 8.16. The standard InChI is InChI=1S/C18H20F3N3O2.H2/c1-11(2)16(14(26)7-9-18(19,20)21)23-15-8-10-22-17(24-15)12-3-5-13(25)6-4-12;/h3-6,8,10-11,16,25H,7,9H2,1-2H3,(H,22,23,24);1H/t16-;/m1./s1. The third-order valence-electron chi connectivity index (χ3n) is 3.75. The lowest BCUT2D eigenvalue weighted by atomic mass is 9.97. The van der Waals surface area contributed by atoms with E-state index >= 15 is 0 Å². The van der Waals surface area contributed by atoms with Gasteiger partial charge in [-0.2, -0.15) is 13.2 Å². The number of aromatic nitrogens is 2. The molecule has 0 saturated heterocycles. The third-order valence-corrected chi connectivity index (χ3v) is 3.75. The van der Waals surface area contributed by atoms with Gasteiger partial charge in [0, 0.05) is 19.6 Å². The highest BCUT2D eigenvalue weighted by Crippen LogP contribution is 2.24. The highest BCUT2D eigenvalue weighted by Gasteiger charge is 2.31. The number of ketones is 1. The molecule has 26 heavy (non-hydrogen) atoms. The number of carbonyl (C=O) groups is 1. The number of benzene rings is 1. The van der Waals surface area contributed by atoms with E-state index in [-0.39, 0.29) is 13.1 Å². The molecule has 142 valence electrons. The number of aromatic hydroxyl groups is 1. The number of hydrogen-bond acceptors (Lipinski definition) is 5. The predicted octanol–water partition coefficient (Wildman–Crippen LogP) is 4.44. The Labute approximate surface area is 150 Å². The molecule has 0 aliphatic heterocycles. The fraction of sp³-hybridized carbons (Fsp3) is 0.389. The average Bonchev–Trinajstić information content (AvgIpc) is 2.57. The first-order valence-electron chi connectivity index (χ1n) is 8.14. The van der Waals surface area contributed by atoms with Gasteiger partial charge in [0.1, 0.15) is 11.6 Å². The molecule has 0 aliphatic carbocycles. The predicted molar refractivity (Wildman–Crippen MR) is 93.8 cm³/mol. The van der Waals surface area contributed by atoms with Crippen molar-refractivity contribution in [1.82, 2.24) is 9.97 Å². The van der Waals surface area contributed by atoms with Gasteiger partial charge in [0.25, 0.3) is 0 Å². The Kier molecular flexibility index (Phi) is 6.18. The number of halogens is 3. The zero-order valence-electron chi connectivity index (χ0n) is 14.4. The minimum atomic E-state index is -4.36. The van der Waals surface area contributed by atoms with Crippen molar-refractivity contribution < 1.29 is 24.5 Å². The van der Waals surface area contributed by atoms with Crippen molar-refractivity contribution in [1.29, 1.82) is 0 Å². The van der Waals surface area contributed by atoms with E-state index in [4.69, 9.17) is 0 Å². The van der Waals surface area contributed by atoms with E-state index in [0.29, 0.717) is 17.2 Å². The number of nitrogens with one attached hydrogen (secondary N) is 1. The molecule has 0 amide bonds. The fourth-order valence-corrected chi connectivity index (χ4v) is 2.39. The molecule has 2 aromatic rings. The molecule has 0 radical (unpaired) electrons. The van der Waals surface area contributed by atoms with Crippen molar-refractivity contribution in [3.8, 4) is 17.1 Å². The number of carbonyl (C=O) groups excluding carboxylic acids is 1. The summed E-state index contributed by atoms with van der Waals surface area (Å²) in [5.74, 6) is 0.116. The van der Waals surface area contributed by atoms with Gasteiger partial charge >= 0.3 is 6.18 Å². The molecular weight excluding hydrogens is 347 g/mol. The summed E-state index contributed by atoms with van der Waals surface area (Å²) in [6.07, 6.45) is -4.58. The van der Waals surface area contributed by atoms with Crippen molar-refractivity contribution in [2.45, 2.75) is 38.9 Å². The normalized spacial score (nSPS) is 12.8. The highest BCUT2D eigenvalue weighted by molar-refractivity contribution is 5.86. The largest absolute Gasteiger partial charge is 0.508 e. The molecule has 2 N–H and O–H groups in total. The number of anilines is 1. The van der Waals surface area contributed by atoms with Gasteiger partial charge in [-0.3, -0.25) is 4.79 Å². The van der Waals surface area contributed by atoms with E-state index in [1.54, 1.807) is 32.0 Å². The Balaban J connectivity index is 0.00000364. The number of phenolic OH excluding ortho intramolecular Hbond substituents is 1. The van der Waals surface area contributed by atoms with Crippen LogP contribution in [0.3, 0.4) is 0 Å². The van der Waals surface area contributed by atoms with Gasteiger partial charge in [-0.15, -0.1) is 0 Å². The summed E-state index contributed by atoms with van der Waals surface area (Å²) in [5, 5.41) is 12.3. The van der Waals surface area contributed by atoms with Gasteiger partial charge in [0.05, 0.1) is 12.5 Å². The first-order valence-corrected chi connectivity index (χ1v) is 8.14. The number of alkyl halides is 3. The summed E-state index contributed by atoms with van der Waals surface area (Å²) >= 11 is 0. The maximum Gasteiger partial charge on any atom is 0.389 e. The molecule has 1 atom stereocenters. The Morgan fingerprint density at radius 2 is 1.88 bits per heavy atom. The first kappa shape index (κ1) is 19.7. The number of nitrogens with zero attached hydrogens (tertiary/aromatic N) is 2. The van der Waals surface area contributed by atoms with Crippen LogP contribution in [-0.4, -0.2) is 33.1 Å². The topological polar surface area (TPSA) is 75.1 Å². The molecule has 2 rings (SSSR count). The van der Waals surface area contributed by atoms with E-state index in [1.807, 2.05) is 0 Å². The summed E-state index contributed by atoms with van der Waals surface area (Å²) in [4.78, 5) is 20.6. The average molecular weight is 369 g/mol. The second-order valence-electron chi connectivity index (χ2n) is 6.26. The highest BCUT2D eigenvalue weighted by atomic mass is 19.4. The first-order chi connectivity index (χ1) is 12.2. The molecule has 0 aliphatic rings. The van der Waals surface area contributed by atoms with Gasteiger partial charge in [-0.1, -0.05) is 13.8 Å². The molecule has 0 saturated carbocycles. The number of phenols is 1. The van der Waals surface area contributed by atoms with Crippen LogP contribution >= 0.6 is 0 Å². The zero-order valence-corrected chi connectivity index (χ0v) is 14.4. The molecule has 0 unspecified atom stereocenters. The number of hydrogen-bond donors (Lipinski definition) is 2. The van der Waals surface area contributed by atoms with E-state index in [0.717, 1.165) is 0 Å². The molecule has 0 spiro atoms. The van der Waals surface area contributed by atoms with E-state index in [1.165, 1.54) is 18.3 Å². The molecule has 0 bridgehead atoms. The molecule has 1 aromatic carbocycles. The van der Waals surface area contributed by atoms with Crippen LogP contribution < -0.4 is 5.32 Å². The smallest absolute Gasteiger partial charge is 0.389 e. The minimum Gasteiger partial charge on any atom is -0.508 e. The van der Waals surface area contributed by atoms with Gasteiger partial charge in [-0.05, 0) is 36.2 Å². The maximum atomic E-state index is 12.4. The minimum absolute atomic E-state index is 0. The molecule has 0 fully saturated rings. The summed E-state index contributed by atoms with van der Waals surface area (Å²) in [7, 11) is 0. The maximum absolute atomic E-state index is 12.4. The summed E-state index contributed by atoms with van der Waals surface area (Å²) < 4.78 is 37.1. The fourth-order valence-electron chi connectivity index (χ4n) is 2.39. The van der Waals surface area contributed by atoms with Crippen molar-refractivity contribution in [3.63, 3.8) is 0 Å². The Morgan fingerprint density at radius 1 is 1.23 bits per heavy atom. The van der Waals surface area contributed by atoms with Crippen LogP contribution in [0.4, 0.5) is 19.0 Å². The third kappa shape index (κ3) is 5.72.